The highest BCUT2D eigenvalue weighted by molar-refractivity contribution is 6.02. The monoisotopic (exact) mass is 329 g/mol. The van der Waals surface area contributed by atoms with Gasteiger partial charge in [-0.2, -0.15) is 0 Å². The molecule has 4 nitrogen and oxygen atoms in total. The second-order valence-electron chi connectivity index (χ2n) is 4.78. The van der Waals surface area contributed by atoms with Crippen LogP contribution in [0.5, 0.6) is 0 Å². The number of nitrogens with one attached hydrogen (secondary N) is 2. The fourth-order valence-corrected chi connectivity index (χ4v) is 2.08. The average molecular weight is 330 g/mol. The van der Waals surface area contributed by atoms with E-state index >= 15 is 0 Å². The van der Waals surface area contributed by atoms with Crippen molar-refractivity contribution in [1.29, 1.82) is 0 Å². The molecule has 0 aliphatic carbocycles. The number of pyridine rings is 1. The summed E-state index contributed by atoms with van der Waals surface area (Å²) in [5.74, 6) is -0.0543. The van der Waals surface area contributed by atoms with Crippen LogP contribution in [0.4, 0.5) is 5.69 Å². The minimum atomic E-state index is -0.0713. The van der Waals surface area contributed by atoms with Gasteiger partial charge in [-0.15, -0.1) is 24.8 Å². The van der Waals surface area contributed by atoms with Crippen LogP contribution < -0.4 is 10.6 Å². The fourth-order valence-electron chi connectivity index (χ4n) is 2.08. The summed E-state index contributed by atoms with van der Waals surface area (Å²) in [6.07, 6.45) is 1.77. The largest absolute Gasteiger partial charge is 0.325 e. The van der Waals surface area contributed by atoms with Crippen molar-refractivity contribution in [3.05, 3.63) is 36.0 Å². The van der Waals surface area contributed by atoms with Gasteiger partial charge in [0.1, 0.15) is 0 Å². The first kappa shape index (κ1) is 19.6. The van der Waals surface area contributed by atoms with Gasteiger partial charge in [0.25, 0.3) is 0 Å². The standard InChI is InChI=1S/C15H19N3O.2ClH/c1-10-6-7-13(12-5-4-8-17-14(10)12)18-15(19)11(2)9-16-3;;/h4-8,11,16H,9H2,1-3H3,(H,18,19);2*1H. The van der Waals surface area contributed by atoms with Crippen LogP contribution in [0.3, 0.4) is 0 Å². The van der Waals surface area contributed by atoms with Crippen molar-refractivity contribution < 1.29 is 4.79 Å². The van der Waals surface area contributed by atoms with Gasteiger partial charge in [0.2, 0.25) is 5.91 Å². The summed E-state index contributed by atoms with van der Waals surface area (Å²) in [5.41, 5.74) is 2.86. The lowest BCUT2D eigenvalue weighted by molar-refractivity contribution is -0.119. The Kier molecular flexibility index (Phi) is 8.25. The number of amides is 1. The molecule has 1 atom stereocenters. The van der Waals surface area contributed by atoms with E-state index in [-0.39, 0.29) is 36.6 Å². The van der Waals surface area contributed by atoms with Gasteiger partial charge in [0.05, 0.1) is 11.2 Å². The van der Waals surface area contributed by atoms with Crippen molar-refractivity contribution in [2.45, 2.75) is 13.8 Å². The number of carbonyl (C=O) groups excluding carboxylic acids is 1. The Labute approximate surface area is 137 Å². The van der Waals surface area contributed by atoms with E-state index in [2.05, 4.69) is 15.6 Å². The summed E-state index contributed by atoms with van der Waals surface area (Å²) in [6, 6.07) is 7.78. The zero-order valence-corrected chi connectivity index (χ0v) is 14.0. The molecule has 1 heterocycles. The normalized spacial score (nSPS) is 11.2. The highest BCUT2D eigenvalue weighted by Crippen LogP contribution is 2.24. The molecule has 0 radical (unpaired) electrons. The molecule has 2 aromatic rings. The molecule has 1 amide bonds. The van der Waals surface area contributed by atoms with Crippen molar-refractivity contribution in [1.82, 2.24) is 10.3 Å². The van der Waals surface area contributed by atoms with Crippen LogP contribution in [0, 0.1) is 12.8 Å². The van der Waals surface area contributed by atoms with Crippen LogP contribution in [-0.2, 0) is 4.79 Å². The van der Waals surface area contributed by atoms with Gasteiger partial charge in [-0.3, -0.25) is 9.78 Å². The smallest absolute Gasteiger partial charge is 0.228 e. The predicted molar refractivity (Wildman–Crippen MR) is 92.7 cm³/mol. The minimum absolute atomic E-state index is 0. The summed E-state index contributed by atoms with van der Waals surface area (Å²) in [4.78, 5) is 16.4. The molecular weight excluding hydrogens is 309 g/mol. The molecule has 0 bridgehead atoms. The van der Waals surface area contributed by atoms with Crippen LogP contribution >= 0.6 is 24.8 Å². The van der Waals surface area contributed by atoms with Gasteiger partial charge in [-0.25, -0.2) is 0 Å². The van der Waals surface area contributed by atoms with Crippen LogP contribution in [0.15, 0.2) is 30.5 Å². The summed E-state index contributed by atoms with van der Waals surface area (Å²) < 4.78 is 0. The van der Waals surface area contributed by atoms with Crippen LogP contribution in [0.1, 0.15) is 12.5 Å². The second kappa shape index (κ2) is 8.82. The second-order valence-corrected chi connectivity index (χ2v) is 4.78. The minimum Gasteiger partial charge on any atom is -0.325 e. The first-order valence-electron chi connectivity index (χ1n) is 6.43. The molecule has 2 N–H and O–H groups in total. The van der Waals surface area contributed by atoms with Crippen molar-refractivity contribution >= 4 is 47.3 Å². The SMILES string of the molecule is CNCC(C)C(=O)Nc1ccc(C)c2ncccc12.Cl.Cl. The van der Waals surface area contributed by atoms with E-state index < -0.39 is 0 Å². The Morgan fingerprint density at radius 1 is 1.29 bits per heavy atom. The number of hydrogen-bond acceptors (Lipinski definition) is 3. The average Bonchev–Trinajstić information content (AvgIpc) is 2.42. The van der Waals surface area contributed by atoms with E-state index in [1.54, 1.807) is 6.20 Å². The maximum absolute atomic E-state index is 12.1. The molecule has 6 heteroatoms. The van der Waals surface area contributed by atoms with Gasteiger partial charge in [-0.1, -0.05) is 13.0 Å². The van der Waals surface area contributed by atoms with E-state index in [0.717, 1.165) is 22.2 Å². The maximum atomic E-state index is 12.1. The number of halogens is 2. The molecule has 0 spiro atoms. The number of nitrogens with zero attached hydrogens (tertiary/aromatic N) is 1. The first-order chi connectivity index (χ1) is 9.13. The summed E-state index contributed by atoms with van der Waals surface area (Å²) in [6.45, 7) is 4.58. The number of fused-ring (bicyclic) bond motifs is 1. The molecule has 0 aliphatic heterocycles. The lowest BCUT2D eigenvalue weighted by atomic mass is 10.1. The Morgan fingerprint density at radius 2 is 2.00 bits per heavy atom. The fraction of sp³-hybridized carbons (Fsp3) is 0.333. The Morgan fingerprint density at radius 3 is 2.67 bits per heavy atom. The summed E-state index contributed by atoms with van der Waals surface area (Å²) >= 11 is 0. The Balaban J connectivity index is 0.00000200. The zero-order chi connectivity index (χ0) is 13.8. The van der Waals surface area contributed by atoms with Crippen molar-refractivity contribution in [2.75, 3.05) is 18.9 Å². The van der Waals surface area contributed by atoms with E-state index in [4.69, 9.17) is 0 Å². The van der Waals surface area contributed by atoms with Crippen molar-refractivity contribution in [3.8, 4) is 0 Å². The predicted octanol–water partition coefficient (Wildman–Crippen LogP) is 3.18. The van der Waals surface area contributed by atoms with Crippen LogP contribution in [-0.4, -0.2) is 24.5 Å². The number of rotatable bonds is 4. The third-order valence-corrected chi connectivity index (χ3v) is 3.19. The highest BCUT2D eigenvalue weighted by Gasteiger charge is 2.13. The van der Waals surface area contributed by atoms with Gasteiger partial charge in [0, 0.05) is 24.0 Å². The van der Waals surface area contributed by atoms with E-state index in [9.17, 15) is 4.79 Å². The van der Waals surface area contributed by atoms with Crippen LogP contribution in [0.2, 0.25) is 0 Å². The third-order valence-electron chi connectivity index (χ3n) is 3.19. The lowest BCUT2D eigenvalue weighted by Gasteiger charge is -2.13. The molecule has 1 unspecified atom stereocenters. The van der Waals surface area contributed by atoms with E-state index in [0.29, 0.717) is 6.54 Å². The molecule has 21 heavy (non-hydrogen) atoms. The van der Waals surface area contributed by atoms with Gasteiger partial charge < -0.3 is 10.6 Å². The molecule has 1 aromatic carbocycles. The number of hydrogen-bond donors (Lipinski definition) is 2. The number of aromatic nitrogens is 1. The molecular formula is C15H21Cl2N3O. The van der Waals surface area contributed by atoms with E-state index in [1.807, 2.05) is 45.2 Å². The Hall–Kier alpha value is -1.36. The van der Waals surface area contributed by atoms with Crippen molar-refractivity contribution in [2.24, 2.45) is 5.92 Å². The Bertz CT molecular complexity index is 604. The summed E-state index contributed by atoms with van der Waals surface area (Å²) in [5, 5.41) is 6.96. The van der Waals surface area contributed by atoms with Gasteiger partial charge in [0.15, 0.2) is 0 Å². The zero-order valence-electron chi connectivity index (χ0n) is 12.3. The summed E-state index contributed by atoms with van der Waals surface area (Å²) in [7, 11) is 1.84. The highest BCUT2D eigenvalue weighted by atomic mass is 35.5. The van der Waals surface area contributed by atoms with Gasteiger partial charge in [-0.05, 0) is 37.7 Å². The maximum Gasteiger partial charge on any atom is 0.228 e. The first-order valence-corrected chi connectivity index (χ1v) is 6.43. The molecule has 0 saturated heterocycles. The van der Waals surface area contributed by atoms with Crippen LogP contribution in [0.25, 0.3) is 10.9 Å². The molecule has 0 saturated carbocycles. The topological polar surface area (TPSA) is 54.0 Å². The molecule has 0 fully saturated rings. The molecule has 0 aliphatic rings. The lowest BCUT2D eigenvalue weighted by Crippen LogP contribution is -2.28. The third kappa shape index (κ3) is 4.56. The number of aryl methyl sites for hydroxylation is 1. The quantitative estimate of drug-likeness (QED) is 0.905. The molecule has 2 rings (SSSR count). The van der Waals surface area contributed by atoms with Gasteiger partial charge >= 0.3 is 0 Å². The number of benzene rings is 1. The number of carbonyl (C=O) groups is 1. The number of anilines is 1. The molecule has 1 aromatic heterocycles. The van der Waals surface area contributed by atoms with E-state index in [1.165, 1.54) is 0 Å². The van der Waals surface area contributed by atoms with Crippen molar-refractivity contribution in [3.63, 3.8) is 0 Å². The molecule has 116 valence electrons.